The Bertz CT molecular complexity index is 501. The van der Waals surface area contributed by atoms with Crippen molar-refractivity contribution in [2.45, 2.75) is 36.3 Å². The van der Waals surface area contributed by atoms with E-state index in [0.29, 0.717) is 18.0 Å². The maximum absolute atomic E-state index is 12.1. The summed E-state index contributed by atoms with van der Waals surface area (Å²) in [6.45, 7) is 0.696. The zero-order chi connectivity index (χ0) is 13.2. The molecule has 0 atom stereocenters. The van der Waals surface area contributed by atoms with E-state index in [1.807, 2.05) is 0 Å². The van der Waals surface area contributed by atoms with Gasteiger partial charge >= 0.3 is 0 Å². The number of sulfonamides is 1. The van der Waals surface area contributed by atoms with E-state index < -0.39 is 10.0 Å². The van der Waals surface area contributed by atoms with Crippen LogP contribution in [0.5, 0.6) is 0 Å². The number of nitrogens with two attached hydrogens (primary N) is 1. The van der Waals surface area contributed by atoms with E-state index in [9.17, 15) is 8.42 Å². The first-order valence-electron chi connectivity index (χ1n) is 5.84. The zero-order valence-electron chi connectivity index (χ0n) is 10.3. The second-order valence-corrected chi connectivity index (χ2v) is 7.28. The molecule has 102 valence electrons. The standard InChI is InChI=1S/C11H18N2O3S2/c1-16-11(3-2-4-11)8-13-18(14,15)10-5-9(6-12)17-7-10/h5,7,13H,2-4,6,8,12H2,1H3. The molecule has 0 unspecified atom stereocenters. The molecule has 0 amide bonds. The molecule has 1 aliphatic rings. The van der Waals surface area contributed by atoms with Gasteiger partial charge in [-0.3, -0.25) is 0 Å². The Hall–Kier alpha value is -0.470. The third kappa shape index (κ3) is 2.75. The summed E-state index contributed by atoms with van der Waals surface area (Å²) in [7, 11) is -1.81. The van der Waals surface area contributed by atoms with Crippen LogP contribution < -0.4 is 10.5 Å². The van der Waals surface area contributed by atoms with Crippen molar-refractivity contribution in [2.75, 3.05) is 13.7 Å². The van der Waals surface area contributed by atoms with Gasteiger partial charge in [-0.15, -0.1) is 11.3 Å². The second-order valence-electron chi connectivity index (χ2n) is 4.52. The summed E-state index contributed by atoms with van der Waals surface area (Å²) in [5.41, 5.74) is 5.17. The quantitative estimate of drug-likeness (QED) is 0.820. The van der Waals surface area contributed by atoms with Gasteiger partial charge in [0.1, 0.15) is 0 Å². The van der Waals surface area contributed by atoms with Crippen molar-refractivity contribution < 1.29 is 13.2 Å². The first kappa shape index (κ1) is 14.0. The zero-order valence-corrected chi connectivity index (χ0v) is 11.9. The van der Waals surface area contributed by atoms with Gasteiger partial charge in [-0.1, -0.05) is 0 Å². The number of hydrogen-bond acceptors (Lipinski definition) is 5. The third-order valence-corrected chi connectivity index (χ3v) is 5.91. The van der Waals surface area contributed by atoms with Crippen LogP contribution in [0.3, 0.4) is 0 Å². The van der Waals surface area contributed by atoms with Crippen molar-refractivity contribution in [1.82, 2.24) is 4.72 Å². The molecule has 0 spiro atoms. The number of hydrogen-bond donors (Lipinski definition) is 2. The minimum Gasteiger partial charge on any atom is -0.377 e. The van der Waals surface area contributed by atoms with Crippen molar-refractivity contribution >= 4 is 21.4 Å². The summed E-state index contributed by atoms with van der Waals surface area (Å²) < 4.78 is 32.1. The van der Waals surface area contributed by atoms with Crippen LogP contribution in [0, 0.1) is 0 Å². The van der Waals surface area contributed by atoms with E-state index in [0.717, 1.165) is 24.1 Å². The van der Waals surface area contributed by atoms with Crippen LogP contribution in [0.1, 0.15) is 24.1 Å². The van der Waals surface area contributed by atoms with Crippen molar-refractivity contribution in [3.8, 4) is 0 Å². The molecular weight excluding hydrogens is 272 g/mol. The van der Waals surface area contributed by atoms with Crippen molar-refractivity contribution in [3.05, 3.63) is 16.3 Å². The van der Waals surface area contributed by atoms with E-state index in [2.05, 4.69) is 4.72 Å². The molecule has 1 aromatic rings. The SMILES string of the molecule is COC1(CNS(=O)(=O)c2csc(CN)c2)CCC1. The molecular formula is C11H18N2O3S2. The predicted octanol–water partition coefficient (Wildman–Crippen LogP) is 1.05. The molecule has 1 aromatic heterocycles. The van der Waals surface area contributed by atoms with Crippen LogP contribution in [-0.4, -0.2) is 27.7 Å². The minimum absolute atomic E-state index is 0.290. The smallest absolute Gasteiger partial charge is 0.241 e. The van der Waals surface area contributed by atoms with Gasteiger partial charge < -0.3 is 10.5 Å². The predicted molar refractivity (Wildman–Crippen MR) is 71.0 cm³/mol. The summed E-state index contributed by atoms with van der Waals surface area (Å²) in [6.07, 6.45) is 2.90. The van der Waals surface area contributed by atoms with E-state index in [1.54, 1.807) is 18.6 Å². The highest BCUT2D eigenvalue weighted by atomic mass is 32.2. The lowest BCUT2D eigenvalue weighted by atomic mass is 9.80. The van der Waals surface area contributed by atoms with Crippen LogP contribution in [-0.2, 0) is 21.3 Å². The second kappa shape index (κ2) is 5.26. The van der Waals surface area contributed by atoms with Crippen LogP contribution in [0.25, 0.3) is 0 Å². The molecule has 0 bridgehead atoms. The molecule has 0 aromatic carbocycles. The van der Waals surface area contributed by atoms with Crippen LogP contribution >= 0.6 is 11.3 Å². The molecule has 0 saturated heterocycles. The number of nitrogens with one attached hydrogen (secondary N) is 1. The van der Waals surface area contributed by atoms with Gasteiger partial charge in [-0.05, 0) is 25.3 Å². The van der Waals surface area contributed by atoms with Crippen LogP contribution in [0.15, 0.2) is 16.3 Å². The molecule has 1 saturated carbocycles. The normalized spacial score (nSPS) is 18.6. The Morgan fingerprint density at radius 2 is 2.28 bits per heavy atom. The van der Waals surface area contributed by atoms with Gasteiger partial charge in [0.25, 0.3) is 0 Å². The maximum atomic E-state index is 12.1. The molecule has 2 rings (SSSR count). The highest BCUT2D eigenvalue weighted by molar-refractivity contribution is 7.89. The topological polar surface area (TPSA) is 81.4 Å². The summed E-state index contributed by atoms with van der Waals surface area (Å²) in [5, 5.41) is 1.62. The molecule has 5 nitrogen and oxygen atoms in total. The largest absolute Gasteiger partial charge is 0.377 e. The lowest BCUT2D eigenvalue weighted by molar-refractivity contribution is -0.0659. The number of methoxy groups -OCH3 is 1. The molecule has 7 heteroatoms. The van der Waals surface area contributed by atoms with Crippen molar-refractivity contribution in [1.29, 1.82) is 0 Å². The Morgan fingerprint density at radius 1 is 1.56 bits per heavy atom. The monoisotopic (exact) mass is 290 g/mol. The Labute approximate surface area is 111 Å². The van der Waals surface area contributed by atoms with Crippen molar-refractivity contribution in [3.63, 3.8) is 0 Å². The van der Waals surface area contributed by atoms with Gasteiger partial charge in [0.2, 0.25) is 10.0 Å². The fraction of sp³-hybridized carbons (Fsp3) is 0.636. The molecule has 18 heavy (non-hydrogen) atoms. The highest BCUT2D eigenvalue weighted by Gasteiger charge is 2.38. The van der Waals surface area contributed by atoms with Crippen molar-refractivity contribution in [2.24, 2.45) is 5.73 Å². The fourth-order valence-corrected chi connectivity index (χ4v) is 4.21. The molecule has 0 aliphatic heterocycles. The van der Waals surface area contributed by atoms with E-state index in [1.165, 1.54) is 11.3 Å². The van der Waals surface area contributed by atoms with E-state index >= 15 is 0 Å². The summed E-state index contributed by atoms with van der Waals surface area (Å²) in [5.74, 6) is 0. The number of rotatable bonds is 6. The number of thiophene rings is 1. The van der Waals surface area contributed by atoms with Gasteiger partial charge in [0.05, 0.1) is 10.5 Å². The Balaban J connectivity index is 2.03. The number of ether oxygens (including phenoxy) is 1. The van der Waals surface area contributed by atoms with Gasteiger partial charge in [-0.25, -0.2) is 13.1 Å². The molecule has 1 fully saturated rings. The lowest BCUT2D eigenvalue weighted by Gasteiger charge is -2.40. The minimum atomic E-state index is -3.44. The van der Waals surface area contributed by atoms with Gasteiger partial charge in [0, 0.05) is 30.5 Å². The summed E-state index contributed by atoms with van der Waals surface area (Å²) in [6, 6.07) is 1.62. The molecule has 0 radical (unpaired) electrons. The summed E-state index contributed by atoms with van der Waals surface area (Å²) in [4.78, 5) is 1.15. The van der Waals surface area contributed by atoms with Crippen LogP contribution in [0.4, 0.5) is 0 Å². The average molecular weight is 290 g/mol. The molecule has 3 N–H and O–H groups in total. The van der Waals surface area contributed by atoms with Crippen LogP contribution in [0.2, 0.25) is 0 Å². The highest BCUT2D eigenvalue weighted by Crippen LogP contribution is 2.34. The van der Waals surface area contributed by atoms with E-state index in [4.69, 9.17) is 10.5 Å². The fourth-order valence-electron chi connectivity index (χ4n) is 1.94. The first-order valence-corrected chi connectivity index (χ1v) is 8.20. The van der Waals surface area contributed by atoms with E-state index in [-0.39, 0.29) is 5.60 Å². The third-order valence-electron chi connectivity index (χ3n) is 3.42. The maximum Gasteiger partial charge on any atom is 0.241 e. The first-order chi connectivity index (χ1) is 8.51. The Morgan fingerprint density at radius 3 is 2.72 bits per heavy atom. The average Bonchev–Trinajstić information content (AvgIpc) is 2.77. The van der Waals surface area contributed by atoms with Gasteiger partial charge in [-0.2, -0.15) is 0 Å². The Kier molecular flexibility index (Phi) is 4.08. The lowest BCUT2D eigenvalue weighted by Crippen LogP contribution is -2.49. The van der Waals surface area contributed by atoms with Gasteiger partial charge in [0.15, 0.2) is 0 Å². The molecule has 1 heterocycles. The summed E-state index contributed by atoms with van der Waals surface area (Å²) >= 11 is 1.36. The molecule has 1 aliphatic carbocycles.